The minimum absolute atomic E-state index is 0.147. The van der Waals surface area contributed by atoms with Gasteiger partial charge < -0.3 is 5.32 Å². The third-order valence-corrected chi connectivity index (χ3v) is 3.38. The van der Waals surface area contributed by atoms with Crippen molar-refractivity contribution in [3.63, 3.8) is 0 Å². The molecule has 7 heteroatoms. The lowest BCUT2D eigenvalue weighted by atomic mass is 10.1. The fourth-order valence-corrected chi connectivity index (χ4v) is 2.30. The van der Waals surface area contributed by atoms with E-state index in [2.05, 4.69) is 15.5 Å². The van der Waals surface area contributed by atoms with Gasteiger partial charge in [-0.25, -0.2) is 0 Å². The van der Waals surface area contributed by atoms with Crippen molar-refractivity contribution >= 4 is 22.6 Å². The second-order valence-electron chi connectivity index (χ2n) is 5.15. The number of aryl methyl sites for hydroxylation is 3. The van der Waals surface area contributed by atoms with Crippen molar-refractivity contribution < 1.29 is 4.79 Å². The smallest absolute Gasteiger partial charge is 0.281 e. The second-order valence-corrected chi connectivity index (χ2v) is 5.15. The lowest BCUT2D eigenvalue weighted by Gasteiger charge is -2.08. The Morgan fingerprint density at radius 3 is 2.64 bits per heavy atom. The van der Waals surface area contributed by atoms with Crippen LogP contribution in [0.5, 0.6) is 0 Å². The van der Waals surface area contributed by atoms with E-state index in [0.717, 1.165) is 5.56 Å². The number of benzene rings is 1. The Balaban J connectivity index is 2.09. The zero-order chi connectivity index (χ0) is 15.9. The van der Waals surface area contributed by atoms with E-state index in [4.69, 9.17) is 0 Å². The average molecular weight is 297 g/mol. The largest absolute Gasteiger partial charge is 0.304 e. The summed E-state index contributed by atoms with van der Waals surface area (Å²) in [5.41, 5.74) is 1.10. The Bertz CT molecular complexity index is 939. The van der Waals surface area contributed by atoms with Gasteiger partial charge in [0.05, 0.1) is 10.9 Å². The summed E-state index contributed by atoms with van der Waals surface area (Å²) < 4.78 is 3.09. The Hall–Kier alpha value is -2.96. The van der Waals surface area contributed by atoms with Crippen molar-refractivity contribution in [3.8, 4) is 0 Å². The van der Waals surface area contributed by atoms with Crippen molar-refractivity contribution in [3.05, 3.63) is 51.9 Å². The Morgan fingerprint density at radius 1 is 1.18 bits per heavy atom. The number of aromatic nitrogens is 4. The van der Waals surface area contributed by atoms with Gasteiger partial charge in [0, 0.05) is 26.4 Å². The van der Waals surface area contributed by atoms with Crippen LogP contribution >= 0.6 is 0 Å². The number of amides is 1. The van der Waals surface area contributed by atoms with Crippen LogP contribution in [-0.2, 0) is 14.1 Å². The zero-order valence-electron chi connectivity index (χ0n) is 12.5. The van der Waals surface area contributed by atoms with Crippen molar-refractivity contribution in [2.75, 3.05) is 5.32 Å². The molecule has 0 aliphatic heterocycles. The average Bonchev–Trinajstić information content (AvgIpc) is 2.87. The first-order chi connectivity index (χ1) is 10.5. The van der Waals surface area contributed by atoms with Gasteiger partial charge in [0.1, 0.15) is 0 Å². The van der Waals surface area contributed by atoms with E-state index in [1.165, 1.54) is 4.68 Å². The highest BCUT2D eigenvalue weighted by atomic mass is 16.2. The van der Waals surface area contributed by atoms with Gasteiger partial charge >= 0.3 is 0 Å². The van der Waals surface area contributed by atoms with Crippen molar-refractivity contribution in [2.24, 2.45) is 14.1 Å². The SMILES string of the molecule is Cc1ccc2c(c1)c(=O)c(C(=O)Nc1ccn(C)n1)nn2C. The predicted molar refractivity (Wildman–Crippen MR) is 82.9 cm³/mol. The molecule has 112 valence electrons. The topological polar surface area (TPSA) is 81.8 Å². The number of rotatable bonds is 2. The minimum Gasteiger partial charge on any atom is -0.304 e. The van der Waals surface area contributed by atoms with Crippen molar-refractivity contribution in [2.45, 2.75) is 6.92 Å². The molecule has 1 amide bonds. The molecule has 3 rings (SSSR count). The molecule has 0 saturated heterocycles. The molecule has 3 aromatic rings. The predicted octanol–water partition coefficient (Wildman–Crippen LogP) is 1.23. The van der Waals surface area contributed by atoms with Crippen LogP contribution in [-0.4, -0.2) is 25.5 Å². The summed E-state index contributed by atoms with van der Waals surface area (Å²) in [6.07, 6.45) is 1.70. The fraction of sp³-hybridized carbons (Fsp3) is 0.200. The van der Waals surface area contributed by atoms with Crippen LogP contribution in [0, 0.1) is 6.92 Å². The minimum atomic E-state index is -0.567. The van der Waals surface area contributed by atoms with Crippen molar-refractivity contribution in [1.82, 2.24) is 19.6 Å². The molecule has 22 heavy (non-hydrogen) atoms. The third-order valence-electron chi connectivity index (χ3n) is 3.38. The van der Waals surface area contributed by atoms with E-state index in [1.807, 2.05) is 19.1 Å². The molecule has 1 N–H and O–H groups in total. The Kier molecular flexibility index (Phi) is 3.25. The lowest BCUT2D eigenvalue weighted by Crippen LogP contribution is -2.26. The Morgan fingerprint density at radius 2 is 1.95 bits per heavy atom. The van der Waals surface area contributed by atoms with E-state index in [-0.39, 0.29) is 11.1 Å². The number of nitrogens with one attached hydrogen (secondary N) is 1. The highest BCUT2D eigenvalue weighted by Crippen LogP contribution is 2.12. The third kappa shape index (κ3) is 2.37. The summed E-state index contributed by atoms with van der Waals surface area (Å²) >= 11 is 0. The van der Waals surface area contributed by atoms with Crippen LogP contribution in [0.15, 0.2) is 35.3 Å². The summed E-state index contributed by atoms with van der Waals surface area (Å²) in [6, 6.07) is 7.13. The van der Waals surface area contributed by atoms with Gasteiger partial charge in [-0.1, -0.05) is 11.6 Å². The molecule has 0 unspecified atom stereocenters. The van der Waals surface area contributed by atoms with Crippen LogP contribution in [0.1, 0.15) is 16.1 Å². The summed E-state index contributed by atoms with van der Waals surface area (Å²) in [5.74, 6) is -0.191. The zero-order valence-corrected chi connectivity index (χ0v) is 12.5. The first-order valence-electron chi connectivity index (χ1n) is 6.74. The molecule has 2 heterocycles. The standard InChI is InChI=1S/C15H15N5O2/c1-9-4-5-11-10(8-9)14(21)13(18-20(11)3)15(22)16-12-6-7-19(2)17-12/h4-8H,1-3H3,(H,16,17,22). The van der Waals surface area contributed by atoms with Crippen LogP contribution < -0.4 is 10.7 Å². The molecule has 0 aliphatic carbocycles. The van der Waals surface area contributed by atoms with E-state index < -0.39 is 5.91 Å². The van der Waals surface area contributed by atoms with Gasteiger partial charge in [-0.3, -0.25) is 19.0 Å². The van der Waals surface area contributed by atoms with E-state index in [9.17, 15) is 9.59 Å². The Labute approximate surface area is 126 Å². The van der Waals surface area contributed by atoms with Gasteiger partial charge in [0.15, 0.2) is 11.5 Å². The van der Waals surface area contributed by atoms with Crippen LogP contribution in [0.4, 0.5) is 5.82 Å². The molecule has 0 fully saturated rings. The number of carbonyl (C=O) groups is 1. The van der Waals surface area contributed by atoms with Gasteiger partial charge in [-0.05, 0) is 19.1 Å². The second kappa shape index (κ2) is 5.10. The van der Waals surface area contributed by atoms with Gasteiger partial charge in [-0.15, -0.1) is 0 Å². The number of carbonyl (C=O) groups excluding carboxylic acids is 1. The number of fused-ring (bicyclic) bond motifs is 1. The monoisotopic (exact) mass is 297 g/mol. The quantitative estimate of drug-likeness (QED) is 0.771. The summed E-state index contributed by atoms with van der Waals surface area (Å²) in [7, 11) is 3.44. The molecule has 1 aromatic carbocycles. The molecule has 0 bridgehead atoms. The van der Waals surface area contributed by atoms with Gasteiger partial charge in [-0.2, -0.15) is 10.2 Å². The molecule has 7 nitrogen and oxygen atoms in total. The highest BCUT2D eigenvalue weighted by Gasteiger charge is 2.17. The number of nitrogens with zero attached hydrogens (tertiary/aromatic N) is 4. The number of hydrogen-bond donors (Lipinski definition) is 1. The van der Waals surface area contributed by atoms with Crippen LogP contribution in [0.25, 0.3) is 10.9 Å². The van der Waals surface area contributed by atoms with Gasteiger partial charge in [0.2, 0.25) is 5.43 Å². The summed E-state index contributed by atoms with van der Waals surface area (Å²) in [5, 5.41) is 11.2. The lowest BCUT2D eigenvalue weighted by molar-refractivity contribution is 0.101. The number of anilines is 1. The van der Waals surface area contributed by atoms with Crippen molar-refractivity contribution in [1.29, 1.82) is 0 Å². The molecular weight excluding hydrogens is 282 g/mol. The molecule has 0 atom stereocenters. The highest BCUT2D eigenvalue weighted by molar-refractivity contribution is 6.03. The van der Waals surface area contributed by atoms with Crippen LogP contribution in [0.2, 0.25) is 0 Å². The maximum atomic E-state index is 12.5. The summed E-state index contributed by atoms with van der Waals surface area (Å²) in [4.78, 5) is 24.8. The molecular formula is C15H15N5O2. The molecule has 0 radical (unpaired) electrons. The summed E-state index contributed by atoms with van der Waals surface area (Å²) in [6.45, 7) is 1.90. The van der Waals surface area contributed by atoms with Gasteiger partial charge in [0.25, 0.3) is 5.91 Å². The molecule has 0 spiro atoms. The maximum Gasteiger partial charge on any atom is 0.281 e. The van der Waals surface area contributed by atoms with E-state index in [1.54, 1.807) is 37.1 Å². The number of hydrogen-bond acceptors (Lipinski definition) is 4. The fourth-order valence-electron chi connectivity index (χ4n) is 2.30. The molecule has 0 aliphatic rings. The van der Waals surface area contributed by atoms with Crippen LogP contribution in [0.3, 0.4) is 0 Å². The first-order valence-corrected chi connectivity index (χ1v) is 6.74. The normalized spacial score (nSPS) is 10.9. The van der Waals surface area contributed by atoms with E-state index >= 15 is 0 Å². The molecule has 2 aromatic heterocycles. The maximum absolute atomic E-state index is 12.5. The van der Waals surface area contributed by atoms with E-state index in [0.29, 0.717) is 16.7 Å². The first kappa shape index (κ1) is 14.0. The molecule has 0 saturated carbocycles.